The van der Waals surface area contributed by atoms with Crippen LogP contribution in [-0.2, 0) is 0 Å². The Labute approximate surface area is 132 Å². The van der Waals surface area contributed by atoms with E-state index in [9.17, 15) is 9.59 Å². The summed E-state index contributed by atoms with van der Waals surface area (Å²) in [5.74, 6) is 0.0134. The Hall–Kier alpha value is -2.04. The van der Waals surface area contributed by atoms with Crippen LogP contribution in [0.2, 0.25) is 0 Å². The zero-order valence-electron chi connectivity index (χ0n) is 13.4. The second kappa shape index (κ2) is 7.82. The van der Waals surface area contributed by atoms with Gasteiger partial charge in [0.25, 0.3) is 5.91 Å². The number of urea groups is 1. The first-order valence-electron chi connectivity index (χ1n) is 8.07. The number of benzene rings is 1. The molecule has 0 saturated carbocycles. The first kappa shape index (κ1) is 16.3. The highest BCUT2D eigenvalue weighted by Gasteiger charge is 2.23. The highest BCUT2D eigenvalue weighted by molar-refractivity contribution is 6.04. The van der Waals surface area contributed by atoms with E-state index in [4.69, 9.17) is 0 Å². The molecule has 0 spiro atoms. The van der Waals surface area contributed by atoms with E-state index in [1.54, 1.807) is 6.07 Å². The molecule has 0 radical (unpaired) electrons. The topological polar surface area (TPSA) is 61.4 Å². The molecule has 1 saturated heterocycles. The predicted octanol–water partition coefficient (Wildman–Crippen LogP) is 3.15. The van der Waals surface area contributed by atoms with Crippen molar-refractivity contribution in [2.24, 2.45) is 0 Å². The Morgan fingerprint density at radius 2 is 1.95 bits per heavy atom. The zero-order chi connectivity index (χ0) is 15.9. The Balaban J connectivity index is 2.12. The fraction of sp³-hybridized carbons (Fsp3) is 0.529. The van der Waals surface area contributed by atoms with Gasteiger partial charge in [-0.1, -0.05) is 25.5 Å². The molecule has 0 bridgehead atoms. The predicted molar refractivity (Wildman–Crippen MR) is 88.2 cm³/mol. The number of rotatable bonds is 5. The summed E-state index contributed by atoms with van der Waals surface area (Å²) in [4.78, 5) is 26.5. The summed E-state index contributed by atoms with van der Waals surface area (Å²) < 4.78 is 0. The minimum absolute atomic E-state index is 0.0134. The number of amides is 3. The lowest BCUT2D eigenvalue weighted by Gasteiger charge is -2.19. The van der Waals surface area contributed by atoms with Crippen molar-refractivity contribution in [2.45, 2.75) is 39.5 Å². The van der Waals surface area contributed by atoms with Gasteiger partial charge in [-0.25, -0.2) is 4.79 Å². The molecule has 0 aromatic heterocycles. The van der Waals surface area contributed by atoms with E-state index in [0.717, 1.165) is 44.3 Å². The summed E-state index contributed by atoms with van der Waals surface area (Å²) in [6, 6.07) is 5.30. The number of anilines is 1. The summed E-state index contributed by atoms with van der Waals surface area (Å²) >= 11 is 0. The minimum Gasteiger partial charge on any atom is -0.339 e. The van der Waals surface area contributed by atoms with Gasteiger partial charge in [0.2, 0.25) is 0 Å². The first-order valence-corrected chi connectivity index (χ1v) is 8.07. The number of likely N-dealkylation sites (tertiary alicyclic amines) is 1. The van der Waals surface area contributed by atoms with Crippen LogP contribution < -0.4 is 10.6 Å². The molecule has 0 aliphatic carbocycles. The molecular weight excluding hydrogens is 278 g/mol. The van der Waals surface area contributed by atoms with Crippen LogP contribution in [0.3, 0.4) is 0 Å². The summed E-state index contributed by atoms with van der Waals surface area (Å²) in [6.07, 6.45) is 4.08. The first-order chi connectivity index (χ1) is 10.6. The Morgan fingerprint density at radius 1 is 1.23 bits per heavy atom. The van der Waals surface area contributed by atoms with E-state index in [1.165, 1.54) is 0 Å². The number of hydrogen-bond acceptors (Lipinski definition) is 2. The maximum atomic E-state index is 12.7. The van der Waals surface area contributed by atoms with Crippen LogP contribution in [0.4, 0.5) is 10.5 Å². The van der Waals surface area contributed by atoms with Gasteiger partial charge in [-0.15, -0.1) is 0 Å². The quantitative estimate of drug-likeness (QED) is 0.821. The van der Waals surface area contributed by atoms with E-state index >= 15 is 0 Å². The largest absolute Gasteiger partial charge is 0.339 e. The molecule has 1 fully saturated rings. The van der Waals surface area contributed by atoms with Gasteiger partial charge < -0.3 is 15.5 Å². The monoisotopic (exact) mass is 303 g/mol. The number of carbonyl (C=O) groups excluding carboxylic acids is 2. The molecule has 2 rings (SSSR count). The molecular formula is C17H25N3O2. The van der Waals surface area contributed by atoms with Crippen molar-refractivity contribution in [3.05, 3.63) is 29.3 Å². The van der Waals surface area contributed by atoms with E-state index in [1.807, 2.05) is 24.0 Å². The van der Waals surface area contributed by atoms with Crippen LogP contribution in [0.25, 0.3) is 0 Å². The molecule has 1 aliphatic heterocycles. The lowest BCUT2D eigenvalue weighted by Crippen LogP contribution is -2.32. The molecule has 5 heteroatoms. The number of unbranched alkanes of at least 4 members (excludes halogenated alkanes) is 1. The number of nitrogens with one attached hydrogen (secondary N) is 2. The Morgan fingerprint density at radius 3 is 2.64 bits per heavy atom. The van der Waals surface area contributed by atoms with Crippen molar-refractivity contribution in [1.82, 2.24) is 10.2 Å². The van der Waals surface area contributed by atoms with E-state index in [-0.39, 0.29) is 11.9 Å². The van der Waals surface area contributed by atoms with E-state index in [2.05, 4.69) is 17.6 Å². The highest BCUT2D eigenvalue weighted by atomic mass is 16.2. The highest BCUT2D eigenvalue weighted by Crippen LogP contribution is 2.23. The summed E-state index contributed by atoms with van der Waals surface area (Å²) in [7, 11) is 0. The van der Waals surface area contributed by atoms with Crippen molar-refractivity contribution in [3.63, 3.8) is 0 Å². The molecule has 1 aliphatic rings. The fourth-order valence-corrected chi connectivity index (χ4v) is 2.68. The van der Waals surface area contributed by atoms with Crippen LogP contribution in [0, 0.1) is 6.92 Å². The standard InChI is InChI=1S/C17H25N3O2/c1-3-4-10-18-17(22)19-14-9-7-8-13(2)15(14)16(21)20-11-5-6-12-20/h7-9H,3-6,10-12H2,1-2H3,(H2,18,19,22). The van der Waals surface area contributed by atoms with Crippen LogP contribution in [-0.4, -0.2) is 36.5 Å². The van der Waals surface area contributed by atoms with Crippen molar-refractivity contribution < 1.29 is 9.59 Å². The fourth-order valence-electron chi connectivity index (χ4n) is 2.68. The maximum absolute atomic E-state index is 12.7. The third kappa shape index (κ3) is 4.00. The average molecular weight is 303 g/mol. The van der Waals surface area contributed by atoms with Gasteiger partial charge in [-0.3, -0.25) is 4.79 Å². The molecule has 5 nitrogen and oxygen atoms in total. The van der Waals surface area contributed by atoms with Crippen LogP contribution in [0.5, 0.6) is 0 Å². The van der Waals surface area contributed by atoms with Gasteiger partial charge in [0.1, 0.15) is 0 Å². The Kier molecular flexibility index (Phi) is 5.81. The lowest BCUT2D eigenvalue weighted by molar-refractivity contribution is 0.0793. The third-order valence-corrected chi connectivity index (χ3v) is 3.94. The minimum atomic E-state index is -0.255. The van der Waals surface area contributed by atoms with Crippen molar-refractivity contribution in [1.29, 1.82) is 0 Å². The summed E-state index contributed by atoms with van der Waals surface area (Å²) in [5, 5.41) is 5.63. The van der Waals surface area contributed by atoms with Crippen molar-refractivity contribution >= 4 is 17.6 Å². The molecule has 3 amide bonds. The molecule has 2 N–H and O–H groups in total. The molecule has 22 heavy (non-hydrogen) atoms. The van der Waals surface area contributed by atoms with Gasteiger partial charge >= 0.3 is 6.03 Å². The van der Waals surface area contributed by atoms with Gasteiger partial charge in [0, 0.05) is 19.6 Å². The lowest BCUT2D eigenvalue weighted by atomic mass is 10.1. The maximum Gasteiger partial charge on any atom is 0.319 e. The van der Waals surface area contributed by atoms with Crippen LogP contribution >= 0.6 is 0 Å². The number of hydrogen-bond donors (Lipinski definition) is 2. The van der Waals surface area contributed by atoms with Crippen LogP contribution in [0.1, 0.15) is 48.5 Å². The van der Waals surface area contributed by atoms with E-state index in [0.29, 0.717) is 17.8 Å². The van der Waals surface area contributed by atoms with Gasteiger partial charge in [0.05, 0.1) is 11.3 Å². The zero-order valence-corrected chi connectivity index (χ0v) is 13.4. The van der Waals surface area contributed by atoms with Gasteiger partial charge in [-0.05, 0) is 37.8 Å². The van der Waals surface area contributed by atoms with Crippen molar-refractivity contribution in [3.8, 4) is 0 Å². The van der Waals surface area contributed by atoms with E-state index < -0.39 is 0 Å². The van der Waals surface area contributed by atoms with Crippen LogP contribution in [0.15, 0.2) is 18.2 Å². The number of nitrogens with zero attached hydrogens (tertiary/aromatic N) is 1. The molecule has 1 heterocycles. The normalized spacial score (nSPS) is 14.0. The molecule has 1 aromatic carbocycles. The molecule has 0 atom stereocenters. The Bertz CT molecular complexity index is 537. The van der Waals surface area contributed by atoms with Gasteiger partial charge in [-0.2, -0.15) is 0 Å². The van der Waals surface area contributed by atoms with Crippen molar-refractivity contribution in [2.75, 3.05) is 25.0 Å². The summed E-state index contributed by atoms with van der Waals surface area (Å²) in [6.45, 7) is 6.23. The number of aryl methyl sites for hydroxylation is 1. The second-order valence-corrected chi connectivity index (χ2v) is 5.73. The molecule has 0 unspecified atom stereocenters. The smallest absolute Gasteiger partial charge is 0.319 e. The third-order valence-electron chi connectivity index (χ3n) is 3.94. The van der Waals surface area contributed by atoms with Gasteiger partial charge in [0.15, 0.2) is 0 Å². The second-order valence-electron chi connectivity index (χ2n) is 5.73. The summed E-state index contributed by atoms with van der Waals surface area (Å²) in [5.41, 5.74) is 2.09. The molecule has 1 aromatic rings. The molecule has 120 valence electrons. The SMILES string of the molecule is CCCCNC(=O)Nc1cccc(C)c1C(=O)N1CCCC1. The number of carbonyl (C=O) groups is 2. The average Bonchev–Trinajstić information content (AvgIpc) is 3.01.